The number of phosphoric acid groups is 1. The zero-order valence-corrected chi connectivity index (χ0v) is 12.6. The first-order chi connectivity index (χ1) is 7.74. The minimum atomic E-state index is -4.15. The van der Waals surface area contributed by atoms with E-state index in [4.69, 9.17) is 9.79 Å². The van der Waals surface area contributed by atoms with Crippen LogP contribution in [0.1, 0.15) is 34.6 Å². The maximum atomic E-state index is 10.2. The van der Waals surface area contributed by atoms with Crippen molar-refractivity contribution >= 4 is 13.8 Å². The molecule has 0 aromatic carbocycles. The maximum Gasteiger partial charge on any atom is 0.469 e. The van der Waals surface area contributed by atoms with E-state index in [1.807, 2.05) is 27.7 Å². The lowest BCUT2D eigenvalue weighted by Crippen LogP contribution is -1.98. The summed E-state index contributed by atoms with van der Waals surface area (Å²) >= 11 is 0. The van der Waals surface area contributed by atoms with Crippen LogP contribution < -0.4 is 0 Å². The number of esters is 1. The highest BCUT2D eigenvalue weighted by molar-refractivity contribution is 7.46. The van der Waals surface area contributed by atoms with Crippen LogP contribution in [0.15, 0.2) is 12.2 Å². The van der Waals surface area contributed by atoms with Crippen molar-refractivity contribution in [3.05, 3.63) is 12.2 Å². The molecule has 0 heterocycles. The third kappa shape index (κ3) is 39.3. The summed E-state index contributed by atoms with van der Waals surface area (Å²) in [4.78, 5) is 25.6. The van der Waals surface area contributed by atoms with Gasteiger partial charge >= 0.3 is 13.8 Å². The van der Waals surface area contributed by atoms with E-state index in [9.17, 15) is 9.36 Å². The second-order valence-electron chi connectivity index (χ2n) is 1.95. The van der Waals surface area contributed by atoms with Gasteiger partial charge in [-0.2, -0.15) is 0 Å². The average molecular weight is 272 g/mol. The van der Waals surface area contributed by atoms with E-state index >= 15 is 0 Å². The second kappa shape index (κ2) is 17.7. The Morgan fingerprint density at radius 1 is 1.12 bits per heavy atom. The van der Waals surface area contributed by atoms with Gasteiger partial charge in [0.15, 0.2) is 0 Å². The Hall–Kier alpha value is -0.680. The molecule has 7 heteroatoms. The molecule has 0 atom stereocenters. The number of carbonyl (C=O) groups is 1. The maximum absolute atomic E-state index is 10.2. The first-order valence-corrected chi connectivity index (χ1v) is 6.62. The van der Waals surface area contributed by atoms with Gasteiger partial charge in [-0.3, -0.25) is 4.52 Å². The molecule has 0 aliphatic heterocycles. The summed E-state index contributed by atoms with van der Waals surface area (Å²) in [5.41, 5.74) is 0.433. The van der Waals surface area contributed by atoms with Crippen LogP contribution in [-0.2, 0) is 18.6 Å². The van der Waals surface area contributed by atoms with Gasteiger partial charge in [0.2, 0.25) is 0 Å². The van der Waals surface area contributed by atoms with Gasteiger partial charge in [0, 0.05) is 12.7 Å². The van der Waals surface area contributed by atoms with E-state index in [0.717, 1.165) is 7.11 Å². The molecule has 0 radical (unpaired) electrons. The smallest absolute Gasteiger partial charge is 0.466 e. The standard InChI is InChI=1S/C5H8O2.2C2H6.CH5O4P/c1-4(2)5(6)7-3;2*1-2;1-5-6(2,3)4/h1H2,2-3H3;2*1-2H3;1H3,(H2,2,3,4). The van der Waals surface area contributed by atoms with Crippen molar-refractivity contribution in [2.45, 2.75) is 34.6 Å². The first-order valence-electron chi connectivity index (χ1n) is 5.09. The molecule has 0 saturated carbocycles. The normalized spacial score (nSPS) is 8.06. The van der Waals surface area contributed by atoms with Crippen molar-refractivity contribution in [3.63, 3.8) is 0 Å². The van der Waals surface area contributed by atoms with Crippen molar-refractivity contribution < 1.29 is 28.4 Å². The molecular formula is C10H25O6P. The highest BCUT2D eigenvalue weighted by atomic mass is 31.2. The van der Waals surface area contributed by atoms with Gasteiger partial charge in [-0.25, -0.2) is 9.36 Å². The monoisotopic (exact) mass is 272 g/mol. The molecule has 0 amide bonds. The minimum absolute atomic E-state index is 0.347. The summed E-state index contributed by atoms with van der Waals surface area (Å²) in [6.07, 6.45) is 0. The summed E-state index contributed by atoms with van der Waals surface area (Å²) in [6.45, 7) is 13.0. The zero-order valence-electron chi connectivity index (χ0n) is 11.7. The van der Waals surface area contributed by atoms with Crippen molar-refractivity contribution in [2.75, 3.05) is 14.2 Å². The van der Waals surface area contributed by atoms with E-state index in [-0.39, 0.29) is 5.97 Å². The molecule has 0 rings (SSSR count). The predicted molar refractivity (Wildman–Crippen MR) is 68.6 cm³/mol. The quantitative estimate of drug-likeness (QED) is 0.456. The summed E-state index contributed by atoms with van der Waals surface area (Å²) in [5, 5.41) is 0. The minimum Gasteiger partial charge on any atom is -0.466 e. The Balaban J connectivity index is -0.0000000772. The molecule has 0 aromatic heterocycles. The molecule has 0 fully saturated rings. The van der Waals surface area contributed by atoms with Crippen molar-refractivity contribution in [2.24, 2.45) is 0 Å². The number of rotatable bonds is 2. The second-order valence-corrected chi connectivity index (χ2v) is 3.29. The molecule has 0 saturated heterocycles. The molecule has 6 nitrogen and oxygen atoms in total. The fourth-order valence-electron chi connectivity index (χ4n) is 0.174. The third-order valence-electron chi connectivity index (χ3n) is 0.772. The van der Waals surface area contributed by atoms with Crippen LogP contribution in [-0.4, -0.2) is 30.0 Å². The SMILES string of the molecule is C=C(C)C(=O)OC.CC.CC.COP(=O)(O)O. The first kappa shape index (κ1) is 25.2. The van der Waals surface area contributed by atoms with Gasteiger partial charge in [0.05, 0.1) is 7.11 Å². The van der Waals surface area contributed by atoms with Crippen LogP contribution in [0.25, 0.3) is 0 Å². The molecule has 0 spiro atoms. The molecule has 17 heavy (non-hydrogen) atoms. The van der Waals surface area contributed by atoms with E-state index in [1.165, 1.54) is 7.11 Å². The van der Waals surface area contributed by atoms with Crippen LogP contribution in [0.3, 0.4) is 0 Å². The van der Waals surface area contributed by atoms with Gasteiger partial charge in [-0.15, -0.1) is 0 Å². The summed E-state index contributed by atoms with van der Waals surface area (Å²) < 4.78 is 17.3. The summed E-state index contributed by atoms with van der Waals surface area (Å²) in [7, 11) is -1.87. The fourth-order valence-corrected chi connectivity index (χ4v) is 0.174. The van der Waals surface area contributed by atoms with Crippen molar-refractivity contribution in [3.8, 4) is 0 Å². The van der Waals surface area contributed by atoms with Crippen LogP contribution in [0.5, 0.6) is 0 Å². The van der Waals surface area contributed by atoms with E-state index in [0.29, 0.717) is 5.57 Å². The zero-order chi connectivity index (χ0) is 15.1. The third-order valence-corrected chi connectivity index (χ3v) is 1.25. The molecular weight excluding hydrogens is 247 g/mol. The van der Waals surface area contributed by atoms with Gasteiger partial charge in [0.1, 0.15) is 0 Å². The van der Waals surface area contributed by atoms with Crippen LogP contribution >= 0.6 is 7.82 Å². The molecule has 0 unspecified atom stereocenters. The highest BCUT2D eigenvalue weighted by Gasteiger charge is 2.07. The van der Waals surface area contributed by atoms with Crippen LogP contribution in [0.4, 0.5) is 0 Å². The number of hydrogen-bond donors (Lipinski definition) is 2. The van der Waals surface area contributed by atoms with Crippen LogP contribution in [0.2, 0.25) is 0 Å². The fraction of sp³-hybridized carbons (Fsp3) is 0.700. The van der Waals surface area contributed by atoms with Gasteiger partial charge in [-0.1, -0.05) is 34.3 Å². The van der Waals surface area contributed by atoms with E-state index in [1.54, 1.807) is 6.92 Å². The van der Waals surface area contributed by atoms with Crippen LogP contribution in [0, 0.1) is 0 Å². The largest absolute Gasteiger partial charge is 0.469 e. The van der Waals surface area contributed by atoms with E-state index in [2.05, 4.69) is 15.8 Å². The van der Waals surface area contributed by atoms with Gasteiger partial charge < -0.3 is 14.5 Å². The lowest BCUT2D eigenvalue weighted by atomic mass is 10.4. The number of methoxy groups -OCH3 is 1. The Morgan fingerprint density at radius 3 is 1.35 bits per heavy atom. The van der Waals surface area contributed by atoms with Crippen molar-refractivity contribution in [1.29, 1.82) is 0 Å². The molecule has 106 valence electrons. The Bertz CT molecular complexity index is 221. The lowest BCUT2D eigenvalue weighted by molar-refractivity contribution is -0.136. The van der Waals surface area contributed by atoms with Crippen molar-refractivity contribution in [1.82, 2.24) is 0 Å². The predicted octanol–water partition coefficient (Wildman–Crippen LogP) is 2.51. The summed E-state index contributed by atoms with van der Waals surface area (Å²) in [6, 6.07) is 0. The Kier molecular flexibility index (Phi) is 26.3. The number of carbonyl (C=O) groups excluding carboxylic acids is 1. The Labute approximate surface area is 104 Å². The molecule has 0 bridgehead atoms. The van der Waals surface area contributed by atoms with Gasteiger partial charge in [-0.05, 0) is 6.92 Å². The molecule has 0 aliphatic rings. The number of hydrogen-bond acceptors (Lipinski definition) is 4. The topological polar surface area (TPSA) is 93.1 Å². The van der Waals surface area contributed by atoms with Gasteiger partial charge in [0.25, 0.3) is 0 Å². The van der Waals surface area contributed by atoms with E-state index < -0.39 is 7.82 Å². The Morgan fingerprint density at radius 2 is 1.35 bits per heavy atom. The lowest BCUT2D eigenvalue weighted by Gasteiger charge is -1.93. The average Bonchev–Trinajstić information content (AvgIpc) is 2.33. The summed E-state index contributed by atoms with van der Waals surface area (Å²) in [5.74, 6) is -0.347. The number of ether oxygens (including phenoxy) is 1. The number of phosphoric ester groups is 1. The molecule has 0 aromatic rings. The molecule has 2 N–H and O–H groups in total. The highest BCUT2D eigenvalue weighted by Crippen LogP contribution is 2.33. The molecule has 0 aliphatic carbocycles.